The highest BCUT2D eigenvalue weighted by Gasteiger charge is 2.35. The first-order chi connectivity index (χ1) is 15.5. The molecule has 2 N–H and O–H groups in total. The van der Waals surface area contributed by atoms with Crippen LogP contribution in [0.1, 0.15) is 31.8 Å². The van der Waals surface area contributed by atoms with E-state index in [-0.39, 0.29) is 6.54 Å². The van der Waals surface area contributed by atoms with Crippen molar-refractivity contribution in [3.63, 3.8) is 0 Å². The van der Waals surface area contributed by atoms with Gasteiger partial charge >= 0.3 is 17.8 Å². The van der Waals surface area contributed by atoms with E-state index in [4.69, 9.17) is 10.5 Å². The molecular weight excluding hydrogens is 443 g/mol. The summed E-state index contributed by atoms with van der Waals surface area (Å²) in [7, 11) is 1.15. The molecule has 0 saturated heterocycles. The molecule has 0 bridgehead atoms. The first-order valence-electron chi connectivity index (χ1n) is 9.52. The molecule has 0 saturated carbocycles. The number of nitrogens with zero attached hydrogens (tertiary/aromatic N) is 2. The lowest BCUT2D eigenvalue weighted by atomic mass is 10.1. The Hall–Kier alpha value is -4.15. The molecule has 0 fully saturated rings. The number of aromatic nitrogens is 2. The van der Waals surface area contributed by atoms with Crippen LogP contribution in [-0.4, -0.2) is 27.5 Å². The lowest BCUT2D eigenvalue weighted by Crippen LogP contribution is -2.43. The van der Waals surface area contributed by atoms with Gasteiger partial charge in [-0.1, -0.05) is 42.5 Å². The third-order valence-corrected chi connectivity index (χ3v) is 4.83. The molecule has 1 aromatic heterocycles. The van der Waals surface area contributed by atoms with Gasteiger partial charge < -0.3 is 10.5 Å². The summed E-state index contributed by atoms with van der Waals surface area (Å²) in [6, 6.07) is 12.5. The summed E-state index contributed by atoms with van der Waals surface area (Å²) in [6.45, 7) is -1.09. The largest absolute Gasteiger partial charge is 0.454 e. The number of benzene rings is 2. The number of esters is 1. The summed E-state index contributed by atoms with van der Waals surface area (Å²) in [6.07, 6.45) is -4.81. The Kier molecular flexibility index (Phi) is 6.52. The van der Waals surface area contributed by atoms with Gasteiger partial charge in [0.25, 0.3) is 5.56 Å². The van der Waals surface area contributed by atoms with Gasteiger partial charge in [0, 0.05) is 7.05 Å². The second kappa shape index (κ2) is 9.15. The molecule has 33 heavy (non-hydrogen) atoms. The highest BCUT2D eigenvalue weighted by molar-refractivity contribution is 6.02. The van der Waals surface area contributed by atoms with Gasteiger partial charge in [-0.2, -0.15) is 13.2 Å². The minimum Gasteiger partial charge on any atom is -0.454 e. The van der Waals surface area contributed by atoms with E-state index in [1.165, 1.54) is 6.07 Å². The molecular formula is C22H18F3N3O5. The minimum absolute atomic E-state index is 0.0430. The fourth-order valence-electron chi connectivity index (χ4n) is 3.15. The third kappa shape index (κ3) is 4.86. The molecule has 0 unspecified atom stereocenters. The number of Topliss-reactive ketones (excluding diaryl/α,β-unsaturated/α-hetero) is 1. The van der Waals surface area contributed by atoms with Gasteiger partial charge in [0.1, 0.15) is 11.4 Å². The van der Waals surface area contributed by atoms with Crippen molar-refractivity contribution in [1.29, 1.82) is 0 Å². The van der Waals surface area contributed by atoms with Crippen LogP contribution in [0, 0.1) is 0 Å². The van der Waals surface area contributed by atoms with E-state index in [2.05, 4.69) is 0 Å². The minimum atomic E-state index is -4.81. The molecule has 0 aliphatic heterocycles. The number of hydrogen-bond donors (Lipinski definition) is 1. The predicted molar refractivity (Wildman–Crippen MR) is 112 cm³/mol. The number of alkyl halides is 3. The number of nitrogens with two attached hydrogens (primary N) is 1. The smallest absolute Gasteiger partial charge is 0.417 e. The second-order valence-corrected chi connectivity index (χ2v) is 7.02. The zero-order valence-electron chi connectivity index (χ0n) is 17.3. The lowest BCUT2D eigenvalue weighted by molar-refractivity contribution is -0.138. The molecule has 11 heteroatoms. The maximum atomic E-state index is 13.1. The number of hydrogen-bond acceptors (Lipinski definition) is 6. The molecule has 3 aromatic rings. The van der Waals surface area contributed by atoms with Crippen LogP contribution >= 0.6 is 0 Å². The van der Waals surface area contributed by atoms with Crippen LogP contribution in [-0.2, 0) is 24.5 Å². The van der Waals surface area contributed by atoms with Crippen molar-refractivity contribution < 1.29 is 27.5 Å². The van der Waals surface area contributed by atoms with Crippen molar-refractivity contribution in [2.24, 2.45) is 7.05 Å². The van der Waals surface area contributed by atoms with Crippen molar-refractivity contribution in [3.05, 3.63) is 97.7 Å². The van der Waals surface area contributed by atoms with Gasteiger partial charge in [-0.3, -0.25) is 18.7 Å². The van der Waals surface area contributed by atoms with Crippen LogP contribution in [0.15, 0.2) is 64.2 Å². The average Bonchev–Trinajstić information content (AvgIpc) is 2.79. The molecule has 1 heterocycles. The first-order valence-corrected chi connectivity index (χ1v) is 9.52. The van der Waals surface area contributed by atoms with Gasteiger partial charge in [-0.25, -0.2) is 9.59 Å². The topological polar surface area (TPSA) is 113 Å². The Morgan fingerprint density at radius 3 is 2.24 bits per heavy atom. The van der Waals surface area contributed by atoms with Crippen LogP contribution < -0.4 is 17.0 Å². The number of halogens is 3. The van der Waals surface area contributed by atoms with E-state index < -0.39 is 58.3 Å². The Bertz CT molecular complexity index is 1330. The Morgan fingerprint density at radius 2 is 1.61 bits per heavy atom. The Balaban J connectivity index is 1.90. The monoisotopic (exact) mass is 461 g/mol. The van der Waals surface area contributed by atoms with Crippen molar-refractivity contribution in [2.45, 2.75) is 12.7 Å². The molecule has 0 aliphatic rings. The van der Waals surface area contributed by atoms with Gasteiger partial charge in [0.15, 0.2) is 6.61 Å². The molecule has 2 aromatic carbocycles. The Labute approximate surface area is 184 Å². The summed E-state index contributed by atoms with van der Waals surface area (Å²) in [5.41, 5.74) is 2.20. The van der Waals surface area contributed by atoms with E-state index in [1.807, 2.05) is 0 Å². The zero-order chi connectivity index (χ0) is 24.3. The van der Waals surface area contributed by atoms with E-state index in [0.717, 1.165) is 23.7 Å². The van der Waals surface area contributed by atoms with Gasteiger partial charge in [-0.05, 0) is 17.7 Å². The maximum absolute atomic E-state index is 13.1. The number of carbonyl (C=O) groups excluding carboxylic acids is 2. The van der Waals surface area contributed by atoms with E-state index in [1.54, 1.807) is 30.3 Å². The molecule has 0 atom stereocenters. The van der Waals surface area contributed by atoms with Crippen LogP contribution in [0.5, 0.6) is 0 Å². The van der Waals surface area contributed by atoms with Gasteiger partial charge in [0.2, 0.25) is 5.78 Å². The normalized spacial score (nSPS) is 11.3. The van der Waals surface area contributed by atoms with Crippen molar-refractivity contribution in [1.82, 2.24) is 9.13 Å². The summed E-state index contributed by atoms with van der Waals surface area (Å²) in [4.78, 5) is 49.9. The standard InChI is InChI=1S/C22H18F3N3O5/c1-27-19(30)17(18(26)28(21(27)32)11-13-7-3-2-4-8-13)16(29)12-33-20(31)14-9-5-6-10-15(14)22(23,24)25/h2-10H,11-12,26H2,1H3. The highest BCUT2D eigenvalue weighted by Crippen LogP contribution is 2.32. The molecule has 0 aliphatic carbocycles. The number of nitrogen functional groups attached to an aromatic ring is 1. The van der Waals surface area contributed by atoms with Crippen LogP contribution in [0.4, 0.5) is 19.0 Å². The van der Waals surface area contributed by atoms with Gasteiger partial charge in [0.05, 0.1) is 17.7 Å². The summed E-state index contributed by atoms with van der Waals surface area (Å²) < 4.78 is 45.8. The number of rotatable bonds is 6. The van der Waals surface area contributed by atoms with Crippen LogP contribution in [0.25, 0.3) is 0 Å². The van der Waals surface area contributed by atoms with E-state index in [9.17, 15) is 32.3 Å². The predicted octanol–water partition coefficient (Wildman–Crippen LogP) is 2.24. The highest BCUT2D eigenvalue weighted by atomic mass is 19.4. The van der Waals surface area contributed by atoms with E-state index in [0.29, 0.717) is 16.2 Å². The van der Waals surface area contributed by atoms with Crippen molar-refractivity contribution >= 4 is 17.6 Å². The summed E-state index contributed by atoms with van der Waals surface area (Å²) in [5.74, 6) is -2.90. The number of ether oxygens (including phenoxy) is 1. The quantitative estimate of drug-likeness (QED) is 0.445. The number of carbonyl (C=O) groups is 2. The van der Waals surface area contributed by atoms with Gasteiger partial charge in [-0.15, -0.1) is 0 Å². The first kappa shape index (κ1) is 23.5. The Morgan fingerprint density at radius 1 is 1.00 bits per heavy atom. The SMILES string of the molecule is Cn1c(=O)c(C(=O)COC(=O)c2ccccc2C(F)(F)F)c(N)n(Cc2ccccc2)c1=O. The van der Waals surface area contributed by atoms with E-state index >= 15 is 0 Å². The molecule has 0 radical (unpaired) electrons. The van der Waals surface area contributed by atoms with Crippen LogP contribution in [0.2, 0.25) is 0 Å². The molecule has 8 nitrogen and oxygen atoms in total. The summed E-state index contributed by atoms with van der Waals surface area (Å²) >= 11 is 0. The zero-order valence-corrected chi connectivity index (χ0v) is 17.3. The third-order valence-electron chi connectivity index (χ3n) is 4.83. The average molecular weight is 461 g/mol. The molecule has 3 rings (SSSR count). The lowest BCUT2D eigenvalue weighted by Gasteiger charge is -2.15. The van der Waals surface area contributed by atoms with Crippen molar-refractivity contribution in [3.8, 4) is 0 Å². The van der Waals surface area contributed by atoms with Crippen molar-refractivity contribution in [2.75, 3.05) is 12.3 Å². The molecule has 0 amide bonds. The fourth-order valence-corrected chi connectivity index (χ4v) is 3.15. The molecule has 172 valence electrons. The van der Waals surface area contributed by atoms with Crippen LogP contribution in [0.3, 0.4) is 0 Å². The fraction of sp³-hybridized carbons (Fsp3) is 0.182. The summed E-state index contributed by atoms with van der Waals surface area (Å²) in [5, 5.41) is 0. The number of ketones is 1. The molecule has 0 spiro atoms. The second-order valence-electron chi connectivity index (χ2n) is 7.02. The number of anilines is 1. The maximum Gasteiger partial charge on any atom is 0.417 e.